The first-order chi connectivity index (χ1) is 17.2. The van der Waals surface area contributed by atoms with Crippen LogP contribution in [0, 0.1) is 6.92 Å². The maximum Gasteiger partial charge on any atom is 0.573 e. The van der Waals surface area contributed by atoms with Crippen LogP contribution >= 0.6 is 0 Å². The summed E-state index contributed by atoms with van der Waals surface area (Å²) in [6.07, 6.45) is -4.83. The van der Waals surface area contributed by atoms with E-state index in [2.05, 4.69) is 9.84 Å². The van der Waals surface area contributed by atoms with E-state index in [1.54, 1.807) is 42.3 Å². The number of alkyl halides is 3. The summed E-state index contributed by atoms with van der Waals surface area (Å²) in [5, 5.41) is 4.51. The van der Waals surface area contributed by atoms with E-state index in [9.17, 15) is 18.0 Å². The second-order valence-corrected chi connectivity index (χ2v) is 9.72. The van der Waals surface area contributed by atoms with Gasteiger partial charge in [0.1, 0.15) is 22.9 Å². The van der Waals surface area contributed by atoms with Crippen molar-refractivity contribution in [1.29, 1.82) is 0 Å². The number of nitrogens with zero attached hydrogens (tertiary/aromatic N) is 3. The predicted octanol–water partition coefficient (Wildman–Crippen LogP) is 5.78. The molecule has 10 heteroatoms. The molecule has 2 aromatic carbocycles. The first-order valence-electron chi connectivity index (χ1n) is 11.6. The van der Waals surface area contributed by atoms with Gasteiger partial charge in [0.05, 0.1) is 26.5 Å². The van der Waals surface area contributed by atoms with Gasteiger partial charge in [0, 0.05) is 30.6 Å². The third-order valence-corrected chi connectivity index (χ3v) is 5.99. The van der Waals surface area contributed by atoms with Gasteiger partial charge in [-0.3, -0.25) is 9.48 Å². The van der Waals surface area contributed by atoms with Crippen LogP contribution < -0.4 is 14.2 Å². The predicted molar refractivity (Wildman–Crippen MR) is 133 cm³/mol. The topological polar surface area (TPSA) is 65.8 Å². The fourth-order valence-corrected chi connectivity index (χ4v) is 3.86. The lowest BCUT2D eigenvalue weighted by molar-refractivity contribution is -0.274. The Balaban J connectivity index is 2.05. The van der Waals surface area contributed by atoms with Crippen molar-refractivity contribution < 1.29 is 32.2 Å². The molecule has 1 aromatic heterocycles. The summed E-state index contributed by atoms with van der Waals surface area (Å²) >= 11 is 0. The van der Waals surface area contributed by atoms with E-state index in [0.717, 1.165) is 5.69 Å². The molecule has 0 fully saturated rings. The van der Waals surface area contributed by atoms with E-state index >= 15 is 0 Å². The standard InChI is InChI=1S/C27H32F3N3O4/c1-17-18(9-8-10-22(17)37-27(28,29)30)15-33(16-19-11-12-20(35-6)13-23(19)36-7)25(34)21-14-24(26(2,3)4)31-32(21)5/h8-14H,15-16H2,1-7H3. The van der Waals surface area contributed by atoms with Crippen molar-refractivity contribution in [2.24, 2.45) is 7.05 Å². The summed E-state index contributed by atoms with van der Waals surface area (Å²) in [5.74, 6) is 0.469. The number of carbonyl (C=O) groups excluding carboxylic acids is 1. The Morgan fingerprint density at radius 1 is 0.973 bits per heavy atom. The lowest BCUT2D eigenvalue weighted by atomic mass is 9.92. The molecule has 7 nitrogen and oxygen atoms in total. The van der Waals surface area contributed by atoms with Crippen molar-refractivity contribution in [3.63, 3.8) is 0 Å². The lowest BCUT2D eigenvalue weighted by Crippen LogP contribution is -2.32. The highest BCUT2D eigenvalue weighted by Crippen LogP contribution is 2.31. The number of ether oxygens (including phenoxy) is 3. The normalized spacial score (nSPS) is 11.8. The van der Waals surface area contributed by atoms with Crippen LogP contribution in [0.15, 0.2) is 42.5 Å². The van der Waals surface area contributed by atoms with Crippen molar-refractivity contribution in [1.82, 2.24) is 14.7 Å². The molecule has 37 heavy (non-hydrogen) atoms. The van der Waals surface area contributed by atoms with Crippen LogP contribution in [-0.4, -0.2) is 41.2 Å². The van der Waals surface area contributed by atoms with Crippen molar-refractivity contribution in [2.75, 3.05) is 14.2 Å². The Morgan fingerprint density at radius 2 is 1.65 bits per heavy atom. The number of hydrogen-bond acceptors (Lipinski definition) is 5. The fourth-order valence-electron chi connectivity index (χ4n) is 3.86. The molecule has 0 saturated carbocycles. The van der Waals surface area contributed by atoms with Crippen molar-refractivity contribution in [2.45, 2.75) is 52.6 Å². The molecule has 0 spiro atoms. The summed E-state index contributed by atoms with van der Waals surface area (Å²) < 4.78 is 55.3. The highest BCUT2D eigenvalue weighted by molar-refractivity contribution is 5.92. The molecule has 0 saturated heterocycles. The Hall–Kier alpha value is -3.69. The van der Waals surface area contributed by atoms with Gasteiger partial charge in [-0.1, -0.05) is 32.9 Å². The van der Waals surface area contributed by atoms with Gasteiger partial charge in [-0.05, 0) is 42.3 Å². The number of benzene rings is 2. The summed E-state index contributed by atoms with van der Waals surface area (Å²) in [6, 6.07) is 11.4. The Bertz CT molecular complexity index is 1260. The van der Waals surface area contributed by atoms with Gasteiger partial charge in [0.15, 0.2) is 0 Å². The van der Waals surface area contributed by atoms with Crippen LogP contribution in [0.3, 0.4) is 0 Å². The quantitative estimate of drug-likeness (QED) is 0.377. The Morgan fingerprint density at radius 3 is 2.22 bits per heavy atom. The van der Waals surface area contributed by atoms with Crippen LogP contribution in [0.2, 0.25) is 0 Å². The Labute approximate surface area is 214 Å². The number of carbonyl (C=O) groups is 1. The van der Waals surface area contributed by atoms with Crippen LogP contribution in [0.4, 0.5) is 13.2 Å². The average molecular weight is 520 g/mol. The molecule has 0 aliphatic rings. The number of amides is 1. The molecule has 0 unspecified atom stereocenters. The number of hydrogen-bond donors (Lipinski definition) is 0. The average Bonchev–Trinajstić information content (AvgIpc) is 3.22. The number of aryl methyl sites for hydroxylation is 1. The third kappa shape index (κ3) is 6.75. The van der Waals surface area contributed by atoms with Gasteiger partial charge in [-0.25, -0.2) is 0 Å². The molecule has 0 N–H and O–H groups in total. The zero-order chi connectivity index (χ0) is 27.5. The van der Waals surface area contributed by atoms with Gasteiger partial charge in [-0.2, -0.15) is 5.10 Å². The maximum absolute atomic E-state index is 13.9. The highest BCUT2D eigenvalue weighted by atomic mass is 19.4. The molecule has 0 bridgehead atoms. The molecule has 0 aliphatic heterocycles. The third-order valence-electron chi connectivity index (χ3n) is 5.99. The molecule has 1 amide bonds. The molecule has 1 heterocycles. The maximum atomic E-state index is 13.9. The van der Waals surface area contributed by atoms with E-state index < -0.39 is 6.36 Å². The summed E-state index contributed by atoms with van der Waals surface area (Å²) in [4.78, 5) is 15.4. The number of aromatic nitrogens is 2. The molecule has 200 valence electrons. The monoisotopic (exact) mass is 519 g/mol. The van der Waals surface area contributed by atoms with E-state index in [4.69, 9.17) is 9.47 Å². The minimum absolute atomic E-state index is 0.0327. The lowest BCUT2D eigenvalue weighted by Gasteiger charge is -2.25. The minimum atomic E-state index is -4.83. The SMILES string of the molecule is COc1ccc(CN(Cc2cccc(OC(F)(F)F)c2C)C(=O)c2cc(C(C)(C)C)nn2C)c(OC)c1. The molecule has 0 radical (unpaired) electrons. The second-order valence-electron chi connectivity index (χ2n) is 9.72. The first-order valence-corrected chi connectivity index (χ1v) is 11.6. The molecule has 3 aromatic rings. The zero-order valence-electron chi connectivity index (χ0n) is 22.1. The number of rotatable bonds is 8. The molecular weight excluding hydrogens is 487 g/mol. The first kappa shape index (κ1) is 27.9. The van der Waals surface area contributed by atoms with Crippen LogP contribution in [0.1, 0.15) is 53.6 Å². The summed E-state index contributed by atoms with van der Waals surface area (Å²) in [6.45, 7) is 7.70. The number of methoxy groups -OCH3 is 2. The van der Waals surface area contributed by atoms with Crippen LogP contribution in [-0.2, 0) is 25.6 Å². The van der Waals surface area contributed by atoms with E-state index in [1.165, 1.54) is 38.0 Å². The van der Waals surface area contributed by atoms with Gasteiger partial charge in [0.25, 0.3) is 5.91 Å². The highest BCUT2D eigenvalue weighted by Gasteiger charge is 2.32. The van der Waals surface area contributed by atoms with Gasteiger partial charge in [0.2, 0.25) is 0 Å². The van der Waals surface area contributed by atoms with E-state index in [-0.39, 0.29) is 30.2 Å². The number of halogens is 3. The van der Waals surface area contributed by atoms with Gasteiger partial charge in [-0.15, -0.1) is 13.2 Å². The van der Waals surface area contributed by atoms with Gasteiger partial charge >= 0.3 is 6.36 Å². The summed E-state index contributed by atoms with van der Waals surface area (Å²) in [7, 11) is 4.75. The van der Waals surface area contributed by atoms with Crippen molar-refractivity contribution >= 4 is 5.91 Å². The second kappa shape index (κ2) is 10.7. The molecular formula is C27H32F3N3O4. The molecule has 3 rings (SSSR count). The molecule has 0 atom stereocenters. The van der Waals surface area contributed by atoms with Crippen LogP contribution in [0.25, 0.3) is 0 Å². The van der Waals surface area contributed by atoms with Crippen LogP contribution in [0.5, 0.6) is 17.2 Å². The van der Waals surface area contributed by atoms with Gasteiger partial charge < -0.3 is 19.1 Å². The Kier molecular flexibility index (Phi) is 8.09. The minimum Gasteiger partial charge on any atom is -0.497 e. The summed E-state index contributed by atoms with van der Waals surface area (Å²) in [5.41, 5.74) is 2.34. The molecule has 0 aliphatic carbocycles. The van der Waals surface area contributed by atoms with Crippen molar-refractivity contribution in [3.8, 4) is 17.2 Å². The largest absolute Gasteiger partial charge is 0.573 e. The zero-order valence-corrected chi connectivity index (χ0v) is 22.1. The smallest absolute Gasteiger partial charge is 0.497 e. The van der Waals surface area contributed by atoms with E-state index in [1.807, 2.05) is 20.8 Å². The van der Waals surface area contributed by atoms with E-state index in [0.29, 0.717) is 33.9 Å². The van der Waals surface area contributed by atoms with Crippen molar-refractivity contribution in [3.05, 3.63) is 70.5 Å². The fraction of sp³-hybridized carbons (Fsp3) is 0.407.